The summed E-state index contributed by atoms with van der Waals surface area (Å²) in [5, 5.41) is 12.6. The topological polar surface area (TPSA) is 119 Å². The number of sulfone groups is 1. The molecule has 1 atom stereocenters. The molecule has 1 aliphatic carbocycles. The first-order chi connectivity index (χ1) is 19.3. The maximum atomic E-state index is 13.4. The van der Waals surface area contributed by atoms with E-state index < -0.39 is 27.9 Å². The Balaban J connectivity index is 1.35. The van der Waals surface area contributed by atoms with Gasteiger partial charge in [-0.2, -0.15) is 0 Å². The number of benzene rings is 4. The van der Waals surface area contributed by atoms with E-state index in [1.165, 1.54) is 31.4 Å². The lowest BCUT2D eigenvalue weighted by Gasteiger charge is -2.20. The van der Waals surface area contributed by atoms with Crippen LogP contribution in [0.5, 0.6) is 5.75 Å². The quantitative estimate of drug-likeness (QED) is 0.297. The van der Waals surface area contributed by atoms with Gasteiger partial charge in [0.15, 0.2) is 0 Å². The first kappa shape index (κ1) is 27.0. The molecule has 0 unspecified atom stereocenters. The smallest absolute Gasteiger partial charge is 0.407 e. The SMILES string of the molecule is COC(=O)[C@H](Cc1ccc(O)cc1S(=O)(=O)c1ccccc1)NC(=O)OCC1c2ccccc2-c2ccccc21. The molecule has 0 saturated heterocycles. The zero-order valence-corrected chi connectivity index (χ0v) is 22.4. The molecule has 0 heterocycles. The molecule has 4 aromatic carbocycles. The Kier molecular flexibility index (Phi) is 7.57. The second-order valence-electron chi connectivity index (χ2n) is 9.36. The van der Waals surface area contributed by atoms with Crippen LogP contribution in [0.25, 0.3) is 11.1 Å². The Morgan fingerprint density at radius 3 is 2.10 bits per heavy atom. The lowest BCUT2D eigenvalue weighted by atomic mass is 9.98. The van der Waals surface area contributed by atoms with Crippen LogP contribution in [0.4, 0.5) is 4.79 Å². The molecule has 204 valence electrons. The maximum Gasteiger partial charge on any atom is 0.407 e. The van der Waals surface area contributed by atoms with Crippen LogP contribution < -0.4 is 5.32 Å². The molecule has 9 heteroatoms. The summed E-state index contributed by atoms with van der Waals surface area (Å²) in [5.74, 6) is -1.20. The van der Waals surface area contributed by atoms with Gasteiger partial charge < -0.3 is 19.9 Å². The summed E-state index contributed by atoms with van der Waals surface area (Å²) in [7, 11) is -2.86. The summed E-state index contributed by atoms with van der Waals surface area (Å²) in [6.45, 7) is 0.0423. The maximum absolute atomic E-state index is 13.4. The fourth-order valence-electron chi connectivity index (χ4n) is 5.03. The van der Waals surface area contributed by atoms with Crippen molar-refractivity contribution in [2.24, 2.45) is 0 Å². The molecule has 0 saturated carbocycles. The van der Waals surface area contributed by atoms with E-state index in [4.69, 9.17) is 9.47 Å². The number of esters is 1. The molecule has 1 aliphatic rings. The standard InChI is InChI=1S/C31H27NO7S/c1-38-30(34)28(17-20-15-16-21(33)18-29(20)40(36,37)22-9-3-2-4-10-22)32-31(35)39-19-27-25-13-7-5-11-23(25)24-12-6-8-14-26(24)27/h2-16,18,27-28,33H,17,19H2,1H3,(H,32,35)/t28-/m0/s1. The van der Waals surface area contributed by atoms with Crippen LogP contribution in [0.2, 0.25) is 0 Å². The van der Waals surface area contributed by atoms with Gasteiger partial charge in [0.1, 0.15) is 18.4 Å². The number of alkyl carbamates (subject to hydrolysis) is 1. The van der Waals surface area contributed by atoms with E-state index in [1.54, 1.807) is 18.2 Å². The molecule has 0 aliphatic heterocycles. The average Bonchev–Trinajstić information content (AvgIpc) is 3.30. The van der Waals surface area contributed by atoms with Crippen molar-refractivity contribution in [3.05, 3.63) is 114 Å². The monoisotopic (exact) mass is 557 g/mol. The fraction of sp³-hybridized carbons (Fsp3) is 0.161. The number of carbonyl (C=O) groups is 2. The van der Waals surface area contributed by atoms with Gasteiger partial charge in [-0.3, -0.25) is 0 Å². The third-order valence-electron chi connectivity index (χ3n) is 6.94. The molecule has 0 bridgehead atoms. The normalized spacial score (nSPS) is 13.1. The lowest BCUT2D eigenvalue weighted by molar-refractivity contribution is -0.143. The second-order valence-corrected chi connectivity index (χ2v) is 11.3. The van der Waals surface area contributed by atoms with Crippen molar-refractivity contribution >= 4 is 21.9 Å². The first-order valence-electron chi connectivity index (χ1n) is 12.6. The summed E-state index contributed by atoms with van der Waals surface area (Å²) in [5.41, 5.74) is 4.47. The number of phenolic OH excluding ortho intramolecular Hbond substituents is 1. The van der Waals surface area contributed by atoms with E-state index in [0.29, 0.717) is 0 Å². The van der Waals surface area contributed by atoms with Gasteiger partial charge in [0.2, 0.25) is 9.84 Å². The van der Waals surface area contributed by atoms with Crippen molar-refractivity contribution in [3.63, 3.8) is 0 Å². The number of nitrogens with one attached hydrogen (secondary N) is 1. The van der Waals surface area contributed by atoms with Gasteiger partial charge in [-0.1, -0.05) is 72.8 Å². The predicted molar refractivity (Wildman–Crippen MR) is 148 cm³/mol. The average molecular weight is 558 g/mol. The molecule has 5 rings (SSSR count). The van der Waals surface area contributed by atoms with Crippen LogP contribution >= 0.6 is 0 Å². The Morgan fingerprint density at radius 2 is 1.48 bits per heavy atom. The minimum absolute atomic E-state index is 0.0287. The van der Waals surface area contributed by atoms with Gasteiger partial charge in [0.05, 0.1) is 16.9 Å². The molecule has 4 aromatic rings. The zero-order chi connectivity index (χ0) is 28.3. The van der Waals surface area contributed by atoms with E-state index in [1.807, 2.05) is 48.5 Å². The Labute approximate surface area is 232 Å². The van der Waals surface area contributed by atoms with Gasteiger partial charge in [-0.25, -0.2) is 18.0 Å². The van der Waals surface area contributed by atoms with Gasteiger partial charge >= 0.3 is 12.1 Å². The minimum Gasteiger partial charge on any atom is -0.508 e. The predicted octanol–water partition coefficient (Wildman–Crippen LogP) is 4.85. The van der Waals surface area contributed by atoms with Crippen molar-refractivity contribution in [1.29, 1.82) is 0 Å². The molecule has 1 amide bonds. The third kappa shape index (κ3) is 5.28. The van der Waals surface area contributed by atoms with Gasteiger partial charge in [-0.05, 0) is 52.1 Å². The van der Waals surface area contributed by atoms with Crippen LogP contribution in [0, 0.1) is 0 Å². The van der Waals surface area contributed by atoms with Gasteiger partial charge in [-0.15, -0.1) is 0 Å². The number of amides is 1. The van der Waals surface area contributed by atoms with E-state index in [0.717, 1.165) is 28.3 Å². The highest BCUT2D eigenvalue weighted by molar-refractivity contribution is 7.91. The van der Waals surface area contributed by atoms with E-state index in [-0.39, 0.29) is 40.0 Å². The van der Waals surface area contributed by atoms with Crippen LogP contribution in [0.15, 0.2) is 107 Å². The Morgan fingerprint density at radius 1 is 0.875 bits per heavy atom. The largest absolute Gasteiger partial charge is 0.508 e. The highest BCUT2D eigenvalue weighted by atomic mass is 32.2. The molecule has 40 heavy (non-hydrogen) atoms. The van der Waals surface area contributed by atoms with Gasteiger partial charge in [0, 0.05) is 12.3 Å². The van der Waals surface area contributed by atoms with Crippen molar-refractivity contribution in [2.45, 2.75) is 28.2 Å². The molecule has 0 aromatic heterocycles. The van der Waals surface area contributed by atoms with E-state index in [9.17, 15) is 23.1 Å². The van der Waals surface area contributed by atoms with Crippen molar-refractivity contribution in [2.75, 3.05) is 13.7 Å². The summed E-state index contributed by atoms with van der Waals surface area (Å²) in [6, 6.07) is 26.2. The van der Waals surface area contributed by atoms with Crippen LogP contribution in [-0.4, -0.2) is 45.3 Å². The molecule has 0 spiro atoms. The van der Waals surface area contributed by atoms with Crippen molar-refractivity contribution in [3.8, 4) is 16.9 Å². The molecular weight excluding hydrogens is 530 g/mol. The summed E-state index contributed by atoms with van der Waals surface area (Å²) >= 11 is 0. The summed E-state index contributed by atoms with van der Waals surface area (Å²) in [6.07, 6.45) is -1.05. The molecular formula is C31H27NO7S. The number of aromatic hydroxyl groups is 1. The fourth-order valence-corrected chi connectivity index (χ4v) is 6.57. The number of hydrogen-bond donors (Lipinski definition) is 2. The van der Waals surface area contributed by atoms with E-state index >= 15 is 0 Å². The number of phenols is 1. The Bertz CT molecular complexity index is 1620. The first-order valence-corrected chi connectivity index (χ1v) is 14.1. The second kappa shape index (κ2) is 11.2. The lowest BCUT2D eigenvalue weighted by Crippen LogP contribution is -2.43. The number of rotatable bonds is 8. The highest BCUT2D eigenvalue weighted by Crippen LogP contribution is 2.44. The van der Waals surface area contributed by atoms with Gasteiger partial charge in [0.25, 0.3) is 0 Å². The highest BCUT2D eigenvalue weighted by Gasteiger charge is 2.31. The number of carbonyl (C=O) groups excluding carboxylic acids is 2. The number of ether oxygens (including phenoxy) is 2. The summed E-state index contributed by atoms with van der Waals surface area (Å²) in [4.78, 5) is 25.4. The van der Waals surface area contributed by atoms with Crippen molar-refractivity contribution in [1.82, 2.24) is 5.32 Å². The zero-order valence-electron chi connectivity index (χ0n) is 21.6. The summed E-state index contributed by atoms with van der Waals surface area (Å²) < 4.78 is 37.2. The van der Waals surface area contributed by atoms with Crippen LogP contribution in [-0.2, 0) is 30.5 Å². The van der Waals surface area contributed by atoms with Crippen LogP contribution in [0.1, 0.15) is 22.6 Å². The molecule has 0 fully saturated rings. The van der Waals surface area contributed by atoms with E-state index in [2.05, 4.69) is 5.32 Å². The molecule has 8 nitrogen and oxygen atoms in total. The Hall–Kier alpha value is -4.63. The third-order valence-corrected chi connectivity index (χ3v) is 8.79. The van der Waals surface area contributed by atoms with Crippen molar-refractivity contribution < 1.29 is 32.6 Å². The number of methoxy groups -OCH3 is 1. The van der Waals surface area contributed by atoms with Crippen LogP contribution in [0.3, 0.4) is 0 Å². The number of hydrogen-bond acceptors (Lipinski definition) is 7. The minimum atomic E-state index is -4.03. The molecule has 0 radical (unpaired) electrons. The number of fused-ring (bicyclic) bond motifs is 3. The molecule has 2 N–H and O–H groups in total.